The van der Waals surface area contributed by atoms with Gasteiger partial charge in [-0.15, -0.1) is 5.10 Å². The molecule has 0 fully saturated rings. The first-order chi connectivity index (χ1) is 11.7. The van der Waals surface area contributed by atoms with Gasteiger partial charge >= 0.3 is 0 Å². The number of furan rings is 1. The average Bonchev–Trinajstić information content (AvgIpc) is 3.25. The molecule has 0 aliphatic rings. The molecule has 4 aromatic heterocycles. The molecule has 0 saturated carbocycles. The van der Waals surface area contributed by atoms with Crippen LogP contribution in [0.1, 0.15) is 11.4 Å². The third-order valence-electron chi connectivity index (χ3n) is 3.45. The van der Waals surface area contributed by atoms with Gasteiger partial charge in [-0.25, -0.2) is 9.67 Å². The molecule has 0 bridgehead atoms. The van der Waals surface area contributed by atoms with Crippen LogP contribution in [-0.4, -0.2) is 29.9 Å². The highest BCUT2D eigenvalue weighted by molar-refractivity contribution is 9.08. The van der Waals surface area contributed by atoms with Gasteiger partial charge in [0.25, 0.3) is 0 Å². The highest BCUT2D eigenvalue weighted by Crippen LogP contribution is 2.25. The van der Waals surface area contributed by atoms with Crippen molar-refractivity contribution < 1.29 is 4.42 Å². The van der Waals surface area contributed by atoms with Crippen LogP contribution in [0, 0.1) is 0 Å². The maximum absolute atomic E-state index is 5.84. The average molecular weight is 386 g/mol. The second-order valence-electron chi connectivity index (χ2n) is 5.08. The van der Waals surface area contributed by atoms with E-state index < -0.39 is 0 Å². The van der Waals surface area contributed by atoms with Crippen LogP contribution in [0.4, 0.5) is 5.95 Å². The van der Waals surface area contributed by atoms with Gasteiger partial charge in [0.1, 0.15) is 5.69 Å². The number of pyridine rings is 1. The van der Waals surface area contributed by atoms with E-state index in [1.807, 2.05) is 18.2 Å². The minimum atomic E-state index is 0.139. The van der Waals surface area contributed by atoms with E-state index in [4.69, 9.17) is 10.2 Å². The van der Waals surface area contributed by atoms with Crippen LogP contribution in [-0.2, 0) is 11.9 Å². The summed E-state index contributed by atoms with van der Waals surface area (Å²) >= 11 is 3.41. The molecule has 8 nitrogen and oxygen atoms in total. The zero-order valence-electron chi connectivity index (χ0n) is 12.4. The number of nitrogens with zero attached hydrogens (tertiary/aromatic N) is 6. The summed E-state index contributed by atoms with van der Waals surface area (Å²) in [6.45, 7) is 0.436. The quantitative estimate of drug-likeness (QED) is 0.537. The Hall–Kier alpha value is -2.81. The number of hydrogen-bond acceptors (Lipinski definition) is 7. The standard InChI is InChI=1S/C15H12BrN7O/c16-7-9-3-1-4-10(18-9)8-23-14-13(21-22-23)12(19-15(17)20-14)11-5-2-6-24-11/h1-6H,7-8H2,(H2,17,19,20). The van der Waals surface area contributed by atoms with Gasteiger partial charge in [0.2, 0.25) is 5.95 Å². The predicted molar refractivity (Wildman–Crippen MR) is 91.2 cm³/mol. The lowest BCUT2D eigenvalue weighted by Gasteiger charge is -2.04. The Morgan fingerprint density at radius 2 is 1.96 bits per heavy atom. The van der Waals surface area contributed by atoms with Gasteiger partial charge in [0.05, 0.1) is 24.2 Å². The number of alkyl halides is 1. The molecule has 0 amide bonds. The van der Waals surface area contributed by atoms with Crippen molar-refractivity contribution in [3.8, 4) is 11.5 Å². The van der Waals surface area contributed by atoms with Crippen LogP contribution >= 0.6 is 15.9 Å². The lowest BCUT2D eigenvalue weighted by atomic mass is 10.3. The van der Waals surface area contributed by atoms with Gasteiger partial charge < -0.3 is 10.2 Å². The molecule has 4 rings (SSSR count). The van der Waals surface area contributed by atoms with E-state index in [1.54, 1.807) is 23.1 Å². The SMILES string of the molecule is Nc1nc(-c2ccco2)c2nnn(Cc3cccc(CBr)n3)c2n1. The fraction of sp³-hybridized carbons (Fsp3) is 0.133. The van der Waals surface area contributed by atoms with Gasteiger partial charge in [-0.1, -0.05) is 27.2 Å². The Morgan fingerprint density at radius 1 is 1.08 bits per heavy atom. The van der Waals surface area contributed by atoms with Gasteiger partial charge in [0.15, 0.2) is 16.9 Å². The van der Waals surface area contributed by atoms with E-state index >= 15 is 0 Å². The normalized spacial score (nSPS) is 11.2. The molecule has 0 saturated heterocycles. The Labute approximate surface area is 144 Å². The van der Waals surface area contributed by atoms with Crippen molar-refractivity contribution in [3.63, 3.8) is 0 Å². The Morgan fingerprint density at radius 3 is 2.75 bits per heavy atom. The number of fused-ring (bicyclic) bond motifs is 1. The third-order valence-corrected chi connectivity index (χ3v) is 4.02. The van der Waals surface area contributed by atoms with E-state index in [0.29, 0.717) is 34.5 Å². The van der Waals surface area contributed by atoms with Crippen LogP contribution in [0.5, 0.6) is 0 Å². The number of halogens is 1. The van der Waals surface area contributed by atoms with E-state index in [2.05, 4.69) is 41.2 Å². The number of anilines is 1. The Kier molecular flexibility index (Phi) is 3.69. The molecule has 4 aromatic rings. The smallest absolute Gasteiger partial charge is 0.222 e. The minimum Gasteiger partial charge on any atom is -0.463 e. The van der Waals surface area contributed by atoms with Crippen molar-refractivity contribution in [2.45, 2.75) is 11.9 Å². The maximum Gasteiger partial charge on any atom is 0.222 e. The lowest BCUT2D eigenvalue weighted by Crippen LogP contribution is -2.07. The van der Waals surface area contributed by atoms with E-state index in [9.17, 15) is 0 Å². The van der Waals surface area contributed by atoms with Gasteiger partial charge in [-0.2, -0.15) is 4.98 Å². The molecule has 0 atom stereocenters. The number of nitrogen functional groups attached to an aromatic ring is 1. The topological polar surface area (TPSA) is 109 Å². The second kappa shape index (κ2) is 6.00. The molecule has 0 aliphatic heterocycles. The van der Waals surface area contributed by atoms with E-state index in [-0.39, 0.29) is 5.95 Å². The largest absolute Gasteiger partial charge is 0.463 e. The summed E-state index contributed by atoms with van der Waals surface area (Å²) in [7, 11) is 0. The van der Waals surface area contributed by atoms with Crippen molar-refractivity contribution >= 4 is 33.0 Å². The molecule has 0 spiro atoms. The number of hydrogen-bond donors (Lipinski definition) is 1. The van der Waals surface area contributed by atoms with Crippen molar-refractivity contribution in [1.29, 1.82) is 0 Å². The number of rotatable bonds is 4. The highest BCUT2D eigenvalue weighted by atomic mass is 79.9. The van der Waals surface area contributed by atoms with Crippen LogP contribution < -0.4 is 5.73 Å². The summed E-state index contributed by atoms with van der Waals surface area (Å²) < 4.78 is 7.05. The molecule has 24 heavy (non-hydrogen) atoms. The molecular formula is C15H12BrN7O. The molecule has 120 valence electrons. The summed E-state index contributed by atoms with van der Waals surface area (Å²) in [6.07, 6.45) is 1.57. The van der Waals surface area contributed by atoms with Crippen LogP contribution in [0.25, 0.3) is 22.6 Å². The predicted octanol–water partition coefficient (Wildman–Crippen LogP) is 2.40. The van der Waals surface area contributed by atoms with Gasteiger partial charge in [0, 0.05) is 5.33 Å². The van der Waals surface area contributed by atoms with Crippen LogP contribution in [0.15, 0.2) is 41.0 Å². The third kappa shape index (κ3) is 2.62. The molecular weight excluding hydrogens is 374 g/mol. The first-order valence-corrected chi connectivity index (χ1v) is 8.28. The molecule has 0 unspecified atom stereocenters. The maximum atomic E-state index is 5.84. The van der Waals surface area contributed by atoms with Crippen LogP contribution in [0.3, 0.4) is 0 Å². The monoisotopic (exact) mass is 385 g/mol. The lowest BCUT2D eigenvalue weighted by molar-refractivity contribution is 0.580. The first kappa shape index (κ1) is 14.8. The summed E-state index contributed by atoms with van der Waals surface area (Å²) in [4.78, 5) is 13.0. The summed E-state index contributed by atoms with van der Waals surface area (Å²) in [5.41, 5.74) is 9.25. The molecule has 9 heteroatoms. The molecule has 0 aliphatic carbocycles. The second-order valence-corrected chi connectivity index (χ2v) is 5.64. The fourth-order valence-corrected chi connectivity index (χ4v) is 2.72. The Bertz CT molecular complexity index is 996. The molecule has 0 radical (unpaired) electrons. The fourth-order valence-electron chi connectivity index (χ4n) is 2.41. The zero-order chi connectivity index (χ0) is 16.5. The van der Waals surface area contributed by atoms with Crippen molar-refractivity contribution in [2.24, 2.45) is 0 Å². The zero-order valence-corrected chi connectivity index (χ0v) is 14.0. The minimum absolute atomic E-state index is 0.139. The van der Waals surface area contributed by atoms with Crippen molar-refractivity contribution in [2.75, 3.05) is 5.73 Å². The summed E-state index contributed by atoms with van der Waals surface area (Å²) in [5, 5.41) is 9.05. The number of aromatic nitrogens is 6. The highest BCUT2D eigenvalue weighted by Gasteiger charge is 2.17. The van der Waals surface area contributed by atoms with E-state index in [1.165, 1.54) is 0 Å². The molecule has 0 aromatic carbocycles. The number of nitrogens with two attached hydrogens (primary N) is 1. The molecule has 2 N–H and O–H groups in total. The van der Waals surface area contributed by atoms with Crippen molar-refractivity contribution in [3.05, 3.63) is 48.0 Å². The van der Waals surface area contributed by atoms with Crippen LogP contribution in [0.2, 0.25) is 0 Å². The summed E-state index contributed by atoms with van der Waals surface area (Å²) in [6, 6.07) is 9.40. The van der Waals surface area contributed by atoms with Gasteiger partial charge in [-0.3, -0.25) is 4.98 Å². The first-order valence-electron chi connectivity index (χ1n) is 7.16. The van der Waals surface area contributed by atoms with E-state index in [0.717, 1.165) is 11.4 Å². The Balaban J connectivity index is 1.80. The molecule has 4 heterocycles. The summed E-state index contributed by atoms with van der Waals surface area (Å²) in [5.74, 6) is 0.708. The van der Waals surface area contributed by atoms with Crippen molar-refractivity contribution in [1.82, 2.24) is 29.9 Å². The van der Waals surface area contributed by atoms with Gasteiger partial charge in [-0.05, 0) is 24.3 Å².